The number of nitrogens with zero attached hydrogens (tertiary/aromatic N) is 3. The minimum Gasteiger partial charge on any atom is -0.490 e. The molecule has 2 heterocycles. The fourth-order valence-electron chi connectivity index (χ4n) is 4.68. The predicted octanol–water partition coefficient (Wildman–Crippen LogP) is 6.50. The molecule has 1 aliphatic heterocycles. The number of para-hydroxylation sites is 1. The maximum absolute atomic E-state index is 6.47. The molecule has 1 fully saturated rings. The Hall–Kier alpha value is -3.92. The smallest absolute Gasteiger partial charge is 0.162 e. The second kappa shape index (κ2) is 8.55. The molecule has 0 bridgehead atoms. The lowest BCUT2D eigenvalue weighted by Crippen LogP contribution is -2.39. The average molecular weight is 432 g/mol. The van der Waals surface area contributed by atoms with Crippen LogP contribution in [0.3, 0.4) is 0 Å². The molecule has 162 valence electrons. The van der Waals surface area contributed by atoms with E-state index in [9.17, 15) is 0 Å². The zero-order chi connectivity index (χ0) is 22.0. The van der Waals surface area contributed by atoms with Crippen LogP contribution in [0.4, 0.5) is 5.82 Å². The molecular weight excluding hydrogens is 406 g/mol. The van der Waals surface area contributed by atoms with Crippen molar-refractivity contribution in [3.63, 3.8) is 0 Å². The topological polar surface area (TPSA) is 38.2 Å². The molecule has 0 radical (unpaired) electrons. The molecular formula is C29H25N3O. The molecule has 33 heavy (non-hydrogen) atoms. The highest BCUT2D eigenvalue weighted by Gasteiger charge is 2.24. The molecule has 0 atom stereocenters. The summed E-state index contributed by atoms with van der Waals surface area (Å²) >= 11 is 0. The van der Waals surface area contributed by atoms with Crippen LogP contribution in [0.15, 0.2) is 97.1 Å². The quantitative estimate of drug-likeness (QED) is 0.326. The standard InChI is InChI=1S/C29H25N3O/c1-2-10-22(11-3-1)28-30-26-15-7-6-14-25(26)29(31-28)32-19-17-23(18-20-32)33-27-16-8-12-21-9-4-5-13-24(21)27/h1-16,23H,17-20H2. The monoisotopic (exact) mass is 431 g/mol. The highest BCUT2D eigenvalue weighted by atomic mass is 16.5. The largest absolute Gasteiger partial charge is 0.490 e. The number of ether oxygens (including phenoxy) is 1. The van der Waals surface area contributed by atoms with Gasteiger partial charge in [0, 0.05) is 42.3 Å². The molecule has 4 aromatic carbocycles. The third-order valence-electron chi connectivity index (χ3n) is 6.40. The van der Waals surface area contributed by atoms with Crippen molar-refractivity contribution in [2.24, 2.45) is 0 Å². The van der Waals surface area contributed by atoms with Crippen molar-refractivity contribution in [1.29, 1.82) is 0 Å². The number of fused-ring (bicyclic) bond motifs is 2. The zero-order valence-electron chi connectivity index (χ0n) is 18.4. The number of benzene rings is 4. The first kappa shape index (κ1) is 19.7. The number of hydrogen-bond donors (Lipinski definition) is 0. The van der Waals surface area contributed by atoms with Crippen LogP contribution in [0.25, 0.3) is 33.1 Å². The van der Waals surface area contributed by atoms with Gasteiger partial charge in [-0.15, -0.1) is 0 Å². The van der Waals surface area contributed by atoms with Crippen LogP contribution in [0.2, 0.25) is 0 Å². The fraction of sp³-hybridized carbons (Fsp3) is 0.172. The zero-order valence-corrected chi connectivity index (χ0v) is 18.4. The van der Waals surface area contributed by atoms with Crippen molar-refractivity contribution in [2.45, 2.75) is 18.9 Å². The van der Waals surface area contributed by atoms with Crippen LogP contribution in [0.5, 0.6) is 5.75 Å². The lowest BCUT2D eigenvalue weighted by atomic mass is 10.1. The minimum absolute atomic E-state index is 0.203. The number of rotatable bonds is 4. The van der Waals surface area contributed by atoms with Crippen LogP contribution in [0.1, 0.15) is 12.8 Å². The van der Waals surface area contributed by atoms with E-state index in [0.717, 1.165) is 59.8 Å². The van der Waals surface area contributed by atoms with Crippen molar-refractivity contribution in [1.82, 2.24) is 9.97 Å². The maximum atomic E-state index is 6.47. The summed E-state index contributed by atoms with van der Waals surface area (Å²) in [6.45, 7) is 1.81. The van der Waals surface area contributed by atoms with Gasteiger partial charge in [-0.25, -0.2) is 9.97 Å². The summed E-state index contributed by atoms with van der Waals surface area (Å²) in [4.78, 5) is 12.2. The molecule has 1 saturated heterocycles. The highest BCUT2D eigenvalue weighted by molar-refractivity contribution is 5.91. The lowest BCUT2D eigenvalue weighted by molar-refractivity contribution is 0.173. The summed E-state index contributed by atoms with van der Waals surface area (Å²) in [5.74, 6) is 2.77. The van der Waals surface area contributed by atoms with Crippen molar-refractivity contribution in [3.05, 3.63) is 97.1 Å². The van der Waals surface area contributed by atoms with Gasteiger partial charge in [0.2, 0.25) is 0 Å². The van der Waals surface area contributed by atoms with Crippen LogP contribution in [0, 0.1) is 0 Å². The van der Waals surface area contributed by atoms with E-state index in [-0.39, 0.29) is 6.10 Å². The molecule has 0 spiro atoms. The Labute approximate surface area is 193 Å². The molecule has 0 aliphatic carbocycles. The second-order valence-corrected chi connectivity index (χ2v) is 8.54. The Balaban J connectivity index is 1.26. The van der Waals surface area contributed by atoms with Crippen molar-refractivity contribution in [2.75, 3.05) is 18.0 Å². The Bertz CT molecular complexity index is 1400. The molecule has 0 N–H and O–H groups in total. The van der Waals surface area contributed by atoms with Crippen LogP contribution in [-0.2, 0) is 0 Å². The highest BCUT2D eigenvalue weighted by Crippen LogP contribution is 2.32. The van der Waals surface area contributed by atoms with Gasteiger partial charge in [-0.05, 0) is 23.6 Å². The van der Waals surface area contributed by atoms with Crippen LogP contribution in [-0.4, -0.2) is 29.2 Å². The molecule has 1 aromatic heterocycles. The van der Waals surface area contributed by atoms with E-state index in [1.54, 1.807) is 0 Å². The van der Waals surface area contributed by atoms with Crippen LogP contribution >= 0.6 is 0 Å². The number of hydrogen-bond acceptors (Lipinski definition) is 4. The molecule has 4 heteroatoms. The first-order chi connectivity index (χ1) is 16.3. The van der Waals surface area contributed by atoms with Gasteiger partial charge in [-0.2, -0.15) is 0 Å². The van der Waals surface area contributed by atoms with E-state index < -0.39 is 0 Å². The molecule has 1 aliphatic rings. The predicted molar refractivity (Wildman–Crippen MR) is 135 cm³/mol. The Kier molecular flexibility index (Phi) is 5.11. The van der Waals surface area contributed by atoms with Gasteiger partial charge in [0.1, 0.15) is 17.7 Å². The lowest BCUT2D eigenvalue weighted by Gasteiger charge is -2.33. The number of aromatic nitrogens is 2. The Morgan fingerprint density at radius 1 is 0.667 bits per heavy atom. The Morgan fingerprint density at radius 2 is 1.36 bits per heavy atom. The fourth-order valence-corrected chi connectivity index (χ4v) is 4.68. The van der Waals surface area contributed by atoms with Gasteiger partial charge in [0.15, 0.2) is 5.82 Å². The van der Waals surface area contributed by atoms with Gasteiger partial charge >= 0.3 is 0 Å². The first-order valence-corrected chi connectivity index (χ1v) is 11.6. The maximum Gasteiger partial charge on any atom is 0.162 e. The van der Waals surface area contributed by atoms with Crippen molar-refractivity contribution in [3.8, 4) is 17.1 Å². The third kappa shape index (κ3) is 3.89. The third-order valence-corrected chi connectivity index (χ3v) is 6.40. The second-order valence-electron chi connectivity index (χ2n) is 8.54. The average Bonchev–Trinajstić information content (AvgIpc) is 2.89. The molecule has 0 saturated carbocycles. The SMILES string of the molecule is c1ccc(-c2nc(N3CCC(Oc4cccc5ccccc45)CC3)c3ccccc3n2)cc1. The van der Waals surface area contributed by atoms with E-state index in [0.29, 0.717) is 0 Å². The molecule has 6 rings (SSSR count). The summed E-state index contributed by atoms with van der Waals surface area (Å²) in [6.07, 6.45) is 2.12. The summed E-state index contributed by atoms with van der Waals surface area (Å²) in [7, 11) is 0. The van der Waals surface area contributed by atoms with Gasteiger partial charge in [-0.3, -0.25) is 0 Å². The Morgan fingerprint density at radius 3 is 2.21 bits per heavy atom. The summed E-state index contributed by atoms with van der Waals surface area (Å²) < 4.78 is 6.47. The van der Waals surface area contributed by atoms with Gasteiger partial charge in [-0.1, -0.05) is 78.9 Å². The molecule has 0 unspecified atom stereocenters. The van der Waals surface area contributed by atoms with E-state index in [4.69, 9.17) is 14.7 Å². The molecule has 5 aromatic rings. The summed E-state index contributed by atoms with van der Waals surface area (Å²) in [5.41, 5.74) is 2.02. The van der Waals surface area contributed by atoms with Gasteiger partial charge in [0.25, 0.3) is 0 Å². The minimum atomic E-state index is 0.203. The normalized spacial score (nSPS) is 14.6. The molecule has 4 nitrogen and oxygen atoms in total. The number of piperidine rings is 1. The molecule has 0 amide bonds. The number of anilines is 1. The van der Waals surface area contributed by atoms with Crippen molar-refractivity contribution < 1.29 is 4.74 Å². The van der Waals surface area contributed by atoms with Crippen LogP contribution < -0.4 is 9.64 Å². The van der Waals surface area contributed by atoms with E-state index >= 15 is 0 Å². The van der Waals surface area contributed by atoms with E-state index in [1.807, 2.05) is 24.3 Å². The van der Waals surface area contributed by atoms with E-state index in [1.165, 1.54) is 10.8 Å². The summed E-state index contributed by atoms with van der Waals surface area (Å²) in [5, 5.41) is 3.50. The van der Waals surface area contributed by atoms with Crippen molar-refractivity contribution >= 4 is 27.5 Å². The summed E-state index contributed by atoms with van der Waals surface area (Å²) in [6, 6.07) is 33.2. The van der Waals surface area contributed by atoms with Gasteiger partial charge < -0.3 is 9.64 Å². The first-order valence-electron chi connectivity index (χ1n) is 11.6. The van der Waals surface area contributed by atoms with Gasteiger partial charge in [0.05, 0.1) is 5.52 Å². The van der Waals surface area contributed by atoms with E-state index in [2.05, 4.69) is 77.7 Å².